The van der Waals surface area contributed by atoms with Crippen LogP contribution in [0.5, 0.6) is 23.0 Å². The minimum atomic E-state index is -0.678. The van der Waals surface area contributed by atoms with Crippen molar-refractivity contribution in [3.8, 4) is 34.8 Å². The van der Waals surface area contributed by atoms with Gasteiger partial charge in [0.1, 0.15) is 30.1 Å². The van der Waals surface area contributed by atoms with Crippen molar-refractivity contribution in [1.82, 2.24) is 15.2 Å². The molecule has 15 rings (SSSR count). The Morgan fingerprint density at radius 3 is 2.61 bits per heavy atom. The molecule has 6 aromatic rings. The van der Waals surface area contributed by atoms with E-state index in [1.165, 1.54) is 41.5 Å². The fourth-order valence-corrected chi connectivity index (χ4v) is 16.6. The highest BCUT2D eigenvalue weighted by Crippen LogP contribution is 2.64. The number of methoxy groups -OCH3 is 1. The van der Waals surface area contributed by atoms with Crippen LogP contribution in [0.3, 0.4) is 0 Å². The second kappa shape index (κ2) is 22.9. The van der Waals surface area contributed by atoms with Crippen molar-refractivity contribution < 1.29 is 44.5 Å². The van der Waals surface area contributed by atoms with Gasteiger partial charge in [-0.3, -0.25) is 5.32 Å². The first kappa shape index (κ1) is 55.1. The predicted octanol–water partition coefficient (Wildman–Crippen LogP) is 11.6. The predicted molar refractivity (Wildman–Crippen MR) is 325 cm³/mol. The standard InChI is InChI=1S/C72H79N3O9/c1-81-43-73-67-35-49-18-16-44(14-15-45-17-24-63(78)51(28-45)29-46-9-5-12-57(77)30-46)8-6-13-58-36-64(79)50-20-23-59-60(33-50)53(39-76)34-65(80)69(59)83-40-54-32-56(31-52-37-75(38-61(52)54)70(74-67)62(49)42-82-58)72-55-22-19-47-10-7-11-48(68(47)72)21-25-66(72)71(84-41-55)26-3-2-4-27-71/h5,7,9-12,17,19,22,24,28,30-32,34-35,37-38,44,50,55,58,64,66-67,73-74,76-80H,2-4,6,8,13-15,20-21,23,25-27,29,33,36,39-43H2,1H3/t44-,50-,55-,58+,64+,66+,67?,72-/m1/s1. The van der Waals surface area contributed by atoms with Gasteiger partial charge < -0.3 is 54.4 Å². The molecule has 1 spiro atoms. The van der Waals surface area contributed by atoms with Gasteiger partial charge in [0, 0.05) is 76.6 Å². The molecule has 1 saturated heterocycles. The summed E-state index contributed by atoms with van der Waals surface area (Å²) in [6, 6.07) is 26.6. The minimum absolute atomic E-state index is 0.0234. The zero-order valence-corrected chi connectivity index (χ0v) is 48.3. The average molecular weight is 1130 g/mol. The van der Waals surface area contributed by atoms with E-state index in [1.807, 2.05) is 18.2 Å². The number of aromatic nitrogens is 1. The zero-order chi connectivity index (χ0) is 57.1. The molecular weight excluding hydrogens is 1050 g/mol. The quantitative estimate of drug-likeness (QED) is 0.0515. The first-order valence-electron chi connectivity index (χ1n) is 31.1. The number of ether oxygens (including phenoxy) is 4. The normalized spacial score (nSPS) is 26.8. The van der Waals surface area contributed by atoms with Crippen LogP contribution in [-0.4, -0.2) is 81.1 Å². The number of fused-ring (bicyclic) bond motifs is 4. The van der Waals surface area contributed by atoms with Gasteiger partial charge in [-0.1, -0.05) is 91.8 Å². The third kappa shape index (κ3) is 10.0. The number of benzene rings is 5. The number of rotatable bonds is 10. The maximum absolute atomic E-state index is 12.4. The summed E-state index contributed by atoms with van der Waals surface area (Å²) < 4.78 is 29.4. The Morgan fingerprint density at radius 2 is 1.74 bits per heavy atom. The summed E-state index contributed by atoms with van der Waals surface area (Å²) in [7, 11) is 1.69. The Morgan fingerprint density at radius 1 is 0.845 bits per heavy atom. The Balaban J connectivity index is 0.920. The summed E-state index contributed by atoms with van der Waals surface area (Å²) in [6.07, 6.45) is 24.7. The molecule has 0 amide bonds. The number of phenolic OH excluding ortho intramolecular Hbond substituents is 3. The van der Waals surface area contributed by atoms with Crippen molar-refractivity contribution in [2.75, 3.05) is 27.1 Å². The molecule has 1 unspecified atom stereocenters. The molecule has 1 aromatic heterocycles. The van der Waals surface area contributed by atoms with E-state index in [1.54, 1.807) is 31.4 Å². The number of dihydropyridines is 1. The summed E-state index contributed by atoms with van der Waals surface area (Å²) in [6.45, 7) is 1.19. The molecule has 6 heterocycles. The molecule has 5 aliphatic heterocycles. The van der Waals surface area contributed by atoms with Crippen molar-refractivity contribution in [3.05, 3.63) is 176 Å². The monoisotopic (exact) mass is 1130 g/mol. The molecule has 8 bridgehead atoms. The lowest BCUT2D eigenvalue weighted by Gasteiger charge is -2.62. The maximum Gasteiger partial charge on any atom is 0.164 e. The first-order chi connectivity index (χ1) is 41.1. The number of aromatic hydroxyl groups is 3. The van der Waals surface area contributed by atoms with Gasteiger partial charge in [0.25, 0.3) is 0 Å². The lowest BCUT2D eigenvalue weighted by molar-refractivity contribution is -0.182. The number of hydrogen-bond donors (Lipinski definition) is 7. The molecule has 1 saturated carbocycles. The average Bonchev–Trinajstić information content (AvgIpc) is 0.984. The van der Waals surface area contributed by atoms with Crippen LogP contribution in [0.15, 0.2) is 115 Å². The maximum atomic E-state index is 12.4. The Hall–Kier alpha value is -6.82. The van der Waals surface area contributed by atoms with Crippen LogP contribution in [0.1, 0.15) is 138 Å². The minimum Gasteiger partial charge on any atom is -0.508 e. The van der Waals surface area contributed by atoms with Crippen molar-refractivity contribution >= 4 is 22.7 Å². The van der Waals surface area contributed by atoms with Gasteiger partial charge in [-0.25, -0.2) is 0 Å². The van der Waals surface area contributed by atoms with Crippen molar-refractivity contribution in [2.24, 2.45) is 23.7 Å². The molecule has 2 fully saturated rings. The molecule has 84 heavy (non-hydrogen) atoms. The molecule has 5 aromatic carbocycles. The first-order valence-corrected chi connectivity index (χ1v) is 31.1. The van der Waals surface area contributed by atoms with Crippen molar-refractivity contribution in [1.29, 1.82) is 0 Å². The van der Waals surface area contributed by atoms with Crippen LogP contribution in [-0.2, 0) is 64.9 Å². The third-order valence-electron chi connectivity index (χ3n) is 20.7. The molecule has 0 radical (unpaired) electrons. The van der Waals surface area contributed by atoms with Gasteiger partial charge in [0.05, 0.1) is 44.4 Å². The summed E-state index contributed by atoms with van der Waals surface area (Å²) in [5.74, 6) is 9.64. The zero-order valence-electron chi connectivity index (χ0n) is 48.3. The largest absolute Gasteiger partial charge is 0.508 e. The second-order valence-electron chi connectivity index (χ2n) is 25.5. The summed E-state index contributed by atoms with van der Waals surface area (Å²) in [5.41, 5.74) is 13.1. The topological polar surface area (TPSA) is 167 Å². The van der Waals surface area contributed by atoms with E-state index in [4.69, 9.17) is 18.9 Å². The Labute approximate surface area is 493 Å². The van der Waals surface area contributed by atoms with Crippen LogP contribution in [0.25, 0.3) is 22.7 Å². The van der Waals surface area contributed by atoms with Crippen molar-refractivity contribution in [2.45, 2.75) is 152 Å². The lowest BCUT2D eigenvalue weighted by atomic mass is 9.46. The smallest absolute Gasteiger partial charge is 0.164 e. The highest BCUT2D eigenvalue weighted by Gasteiger charge is 2.62. The van der Waals surface area contributed by atoms with E-state index < -0.39 is 6.10 Å². The van der Waals surface area contributed by atoms with E-state index in [9.17, 15) is 25.5 Å². The molecule has 9 aliphatic rings. The van der Waals surface area contributed by atoms with Crippen LogP contribution < -0.4 is 15.4 Å². The summed E-state index contributed by atoms with van der Waals surface area (Å²) in [4.78, 5) is 0. The van der Waals surface area contributed by atoms with E-state index in [0.29, 0.717) is 56.8 Å². The van der Waals surface area contributed by atoms with Gasteiger partial charge in [-0.2, -0.15) is 0 Å². The van der Waals surface area contributed by atoms with Gasteiger partial charge >= 0.3 is 0 Å². The van der Waals surface area contributed by atoms with Crippen molar-refractivity contribution in [3.63, 3.8) is 0 Å². The SMILES string of the molecule is COCNC1C=C2C#C[C@@H](CCc3ccc(O)c(Cc4cccc(O)c4)c3)CCC[C@H]3C[C@H](O)[C@@H]4CCc5c(c(CO)cc(O)c5OCc5cc([C@@]67c8c9cccc8CC[C@H]6C6(CCCCC6)OC[C@H]7C=C9)cc6cn(cc56)C(=C2CO3)N1)C4. The number of aliphatic hydroxyl groups excluding tert-OH is 2. The number of nitrogens with zero attached hydrogens (tertiary/aromatic N) is 1. The summed E-state index contributed by atoms with van der Waals surface area (Å²) in [5, 5.41) is 65.9. The molecule has 12 heteroatoms. The van der Waals surface area contributed by atoms with Gasteiger partial charge in [0.15, 0.2) is 11.5 Å². The van der Waals surface area contributed by atoms with Crippen LogP contribution in [0.2, 0.25) is 0 Å². The molecule has 4 aliphatic carbocycles. The molecular formula is C72H79N3O9. The molecule has 7 N–H and O–H groups in total. The van der Waals surface area contributed by atoms with Gasteiger partial charge in [-0.05, 0) is 181 Å². The highest BCUT2D eigenvalue weighted by molar-refractivity contribution is 5.89. The number of nitrogens with one attached hydrogen (secondary N) is 2. The van der Waals surface area contributed by atoms with E-state index in [2.05, 4.69) is 94.1 Å². The number of phenols is 3. The van der Waals surface area contributed by atoms with E-state index in [-0.39, 0.29) is 84.0 Å². The molecule has 8 atom stereocenters. The highest BCUT2D eigenvalue weighted by atomic mass is 16.5. The lowest BCUT2D eigenvalue weighted by Crippen LogP contribution is -2.63. The Bertz CT molecular complexity index is 3670. The van der Waals surface area contributed by atoms with Gasteiger partial charge in [0.2, 0.25) is 0 Å². The van der Waals surface area contributed by atoms with E-state index in [0.717, 1.165) is 119 Å². The molecule has 12 nitrogen and oxygen atoms in total. The van der Waals surface area contributed by atoms with Crippen LogP contribution in [0, 0.1) is 35.5 Å². The van der Waals surface area contributed by atoms with E-state index >= 15 is 0 Å². The molecule has 436 valence electrons. The fourth-order valence-electron chi connectivity index (χ4n) is 16.6. The second-order valence-corrected chi connectivity index (χ2v) is 25.5. The van der Waals surface area contributed by atoms with Crippen LogP contribution >= 0.6 is 0 Å². The third-order valence-corrected chi connectivity index (χ3v) is 20.7. The Kier molecular flexibility index (Phi) is 15.0. The van der Waals surface area contributed by atoms with Gasteiger partial charge in [-0.15, -0.1) is 0 Å². The number of aliphatic hydroxyl groups is 2. The number of aryl methyl sites for hydroxylation is 2. The summed E-state index contributed by atoms with van der Waals surface area (Å²) >= 11 is 0. The fraction of sp³-hybridized carbons (Fsp3) is 0.444. The van der Waals surface area contributed by atoms with Crippen LogP contribution in [0.4, 0.5) is 0 Å². The number of hydrogen-bond acceptors (Lipinski definition) is 11.